The molecule has 1 nitrogen and oxygen atoms in total. The van der Waals surface area contributed by atoms with E-state index in [4.69, 9.17) is 0 Å². The molecule has 0 spiro atoms. The molecule has 0 unspecified atom stereocenters. The van der Waals surface area contributed by atoms with Crippen molar-refractivity contribution in [3.8, 4) is 0 Å². The smallest absolute Gasteiger partial charge is 0.0135 e. The van der Waals surface area contributed by atoms with Crippen molar-refractivity contribution in [2.45, 2.75) is 45.4 Å². The molecule has 0 heterocycles. The van der Waals surface area contributed by atoms with Crippen LogP contribution < -0.4 is 5.32 Å². The Morgan fingerprint density at radius 2 is 1.62 bits per heavy atom. The molecule has 0 saturated heterocycles. The number of nitrogens with one attached hydrogen (secondary N) is 1. The van der Waals surface area contributed by atoms with Gasteiger partial charge in [0.1, 0.15) is 0 Å². The molecular formula is C15H25N. The van der Waals surface area contributed by atoms with Crippen molar-refractivity contribution in [2.24, 2.45) is 23.2 Å². The molecule has 4 saturated carbocycles. The lowest BCUT2D eigenvalue weighted by atomic mass is 9.49. The minimum absolute atomic E-state index is 0.705. The molecule has 4 rings (SSSR count). The fraction of sp³-hybridized carbons (Fsp3) is 0.867. The Hall–Kier alpha value is -0.300. The van der Waals surface area contributed by atoms with E-state index < -0.39 is 0 Å². The van der Waals surface area contributed by atoms with Gasteiger partial charge in [0.2, 0.25) is 0 Å². The molecule has 16 heavy (non-hydrogen) atoms. The first kappa shape index (κ1) is 10.8. The van der Waals surface area contributed by atoms with Crippen molar-refractivity contribution in [3.63, 3.8) is 0 Å². The van der Waals surface area contributed by atoms with Gasteiger partial charge in [-0.25, -0.2) is 0 Å². The first-order chi connectivity index (χ1) is 7.80. The van der Waals surface area contributed by atoms with Crippen LogP contribution in [0.5, 0.6) is 0 Å². The lowest BCUT2D eigenvalue weighted by Gasteiger charge is -2.57. The maximum atomic E-state index is 3.66. The van der Waals surface area contributed by atoms with E-state index in [0.29, 0.717) is 5.41 Å². The zero-order valence-corrected chi connectivity index (χ0v) is 10.5. The first-order valence-electron chi connectivity index (χ1n) is 7.11. The van der Waals surface area contributed by atoms with Gasteiger partial charge < -0.3 is 5.32 Å². The highest BCUT2D eigenvalue weighted by atomic mass is 14.9. The Kier molecular flexibility index (Phi) is 2.83. The Morgan fingerprint density at radius 3 is 2.12 bits per heavy atom. The Morgan fingerprint density at radius 1 is 1.06 bits per heavy atom. The van der Waals surface area contributed by atoms with Gasteiger partial charge in [0.25, 0.3) is 0 Å². The second-order valence-electron chi connectivity index (χ2n) is 6.62. The van der Waals surface area contributed by atoms with Crippen LogP contribution in [0.4, 0.5) is 0 Å². The predicted octanol–water partition coefficient (Wildman–Crippen LogP) is 3.37. The van der Waals surface area contributed by atoms with Crippen LogP contribution in [-0.4, -0.2) is 13.1 Å². The molecule has 4 aliphatic rings. The highest BCUT2D eigenvalue weighted by Crippen LogP contribution is 2.59. The zero-order valence-electron chi connectivity index (χ0n) is 10.5. The van der Waals surface area contributed by atoms with Gasteiger partial charge in [-0.3, -0.25) is 0 Å². The summed E-state index contributed by atoms with van der Waals surface area (Å²) in [5.74, 6) is 3.28. The summed E-state index contributed by atoms with van der Waals surface area (Å²) in [4.78, 5) is 0. The molecule has 0 amide bonds. The van der Waals surface area contributed by atoms with Gasteiger partial charge in [-0.05, 0) is 68.6 Å². The molecular weight excluding hydrogens is 194 g/mol. The second-order valence-corrected chi connectivity index (χ2v) is 6.62. The van der Waals surface area contributed by atoms with Gasteiger partial charge in [-0.1, -0.05) is 12.2 Å². The van der Waals surface area contributed by atoms with Crippen LogP contribution in [-0.2, 0) is 0 Å². The predicted molar refractivity (Wildman–Crippen MR) is 68.3 cm³/mol. The monoisotopic (exact) mass is 219 g/mol. The number of rotatable bonds is 4. The van der Waals surface area contributed by atoms with E-state index in [1.54, 1.807) is 19.3 Å². The van der Waals surface area contributed by atoms with Crippen molar-refractivity contribution in [1.82, 2.24) is 5.32 Å². The fourth-order valence-electron chi connectivity index (χ4n) is 5.05. The molecule has 0 atom stereocenters. The highest BCUT2D eigenvalue weighted by Gasteiger charge is 2.50. The van der Waals surface area contributed by atoms with E-state index >= 15 is 0 Å². The van der Waals surface area contributed by atoms with Gasteiger partial charge in [-0.2, -0.15) is 0 Å². The SMILES string of the molecule is C/C=C/CNCC12CC3CC(CC(C3)C1)C2. The minimum Gasteiger partial charge on any atom is -0.313 e. The Balaban J connectivity index is 1.60. The average molecular weight is 219 g/mol. The molecule has 90 valence electrons. The summed E-state index contributed by atoms with van der Waals surface area (Å²) in [6.45, 7) is 4.45. The third kappa shape index (κ3) is 1.95. The Labute approximate surface area is 99.7 Å². The van der Waals surface area contributed by atoms with Gasteiger partial charge in [0.15, 0.2) is 0 Å². The molecule has 0 radical (unpaired) electrons. The van der Waals surface area contributed by atoms with Crippen molar-refractivity contribution < 1.29 is 0 Å². The molecule has 4 aliphatic carbocycles. The average Bonchev–Trinajstić information content (AvgIpc) is 2.22. The van der Waals surface area contributed by atoms with E-state index in [0.717, 1.165) is 24.3 Å². The topological polar surface area (TPSA) is 12.0 Å². The largest absolute Gasteiger partial charge is 0.313 e. The molecule has 0 aromatic carbocycles. The van der Waals surface area contributed by atoms with Crippen molar-refractivity contribution >= 4 is 0 Å². The van der Waals surface area contributed by atoms with Crippen molar-refractivity contribution in [2.75, 3.05) is 13.1 Å². The van der Waals surface area contributed by atoms with Gasteiger partial charge in [-0.15, -0.1) is 0 Å². The van der Waals surface area contributed by atoms with Crippen molar-refractivity contribution in [1.29, 1.82) is 0 Å². The quantitative estimate of drug-likeness (QED) is 0.564. The summed E-state index contributed by atoms with van der Waals surface area (Å²) in [6.07, 6.45) is 13.7. The summed E-state index contributed by atoms with van der Waals surface area (Å²) >= 11 is 0. The van der Waals surface area contributed by atoms with E-state index in [1.807, 2.05) is 0 Å². The van der Waals surface area contributed by atoms with Gasteiger partial charge in [0, 0.05) is 13.1 Å². The molecule has 1 heteroatoms. The molecule has 4 bridgehead atoms. The Bertz CT molecular complexity index is 244. The summed E-state index contributed by atoms with van der Waals surface area (Å²) in [7, 11) is 0. The lowest BCUT2D eigenvalue weighted by Crippen LogP contribution is -2.50. The van der Waals surface area contributed by atoms with E-state index in [1.165, 1.54) is 25.8 Å². The van der Waals surface area contributed by atoms with E-state index in [9.17, 15) is 0 Å². The maximum Gasteiger partial charge on any atom is 0.0135 e. The zero-order chi connectivity index (χ0) is 11.0. The van der Waals surface area contributed by atoms with Crippen LogP contribution >= 0.6 is 0 Å². The summed E-state index contributed by atoms with van der Waals surface area (Å²) < 4.78 is 0. The van der Waals surface area contributed by atoms with Crippen LogP contribution in [0.25, 0.3) is 0 Å². The normalized spacial score (nSPS) is 45.7. The standard InChI is InChI=1S/C15H25N/c1-2-3-4-16-11-15-8-12-5-13(9-15)7-14(6-12)10-15/h2-3,12-14,16H,4-11H2,1H3/b3-2+. The van der Waals surface area contributed by atoms with Gasteiger partial charge >= 0.3 is 0 Å². The van der Waals surface area contributed by atoms with E-state index in [2.05, 4.69) is 24.4 Å². The van der Waals surface area contributed by atoms with Crippen LogP contribution in [0, 0.1) is 23.2 Å². The van der Waals surface area contributed by atoms with Gasteiger partial charge in [0.05, 0.1) is 0 Å². The highest BCUT2D eigenvalue weighted by molar-refractivity contribution is 5.02. The number of hydrogen-bond acceptors (Lipinski definition) is 1. The molecule has 0 aliphatic heterocycles. The number of hydrogen-bond donors (Lipinski definition) is 1. The summed E-state index contributed by atoms with van der Waals surface area (Å²) in [6, 6.07) is 0. The van der Waals surface area contributed by atoms with Crippen molar-refractivity contribution in [3.05, 3.63) is 12.2 Å². The van der Waals surface area contributed by atoms with Crippen LogP contribution in [0.15, 0.2) is 12.2 Å². The maximum absolute atomic E-state index is 3.66. The minimum atomic E-state index is 0.705. The molecule has 1 N–H and O–H groups in total. The molecule has 4 fully saturated rings. The third-order valence-electron chi connectivity index (χ3n) is 5.16. The molecule has 0 aromatic rings. The lowest BCUT2D eigenvalue weighted by molar-refractivity contribution is -0.0508. The second kappa shape index (κ2) is 4.18. The summed E-state index contributed by atoms with van der Waals surface area (Å²) in [5.41, 5.74) is 0.705. The first-order valence-corrected chi connectivity index (χ1v) is 7.11. The van der Waals surface area contributed by atoms with Crippen LogP contribution in [0.3, 0.4) is 0 Å². The number of allylic oxidation sites excluding steroid dienone is 1. The third-order valence-corrected chi connectivity index (χ3v) is 5.16. The summed E-state index contributed by atoms with van der Waals surface area (Å²) in [5, 5.41) is 3.66. The molecule has 0 aromatic heterocycles. The van der Waals surface area contributed by atoms with Crippen LogP contribution in [0.2, 0.25) is 0 Å². The van der Waals surface area contributed by atoms with E-state index in [-0.39, 0.29) is 0 Å². The fourth-order valence-corrected chi connectivity index (χ4v) is 5.05. The van der Waals surface area contributed by atoms with Crippen LogP contribution in [0.1, 0.15) is 45.4 Å².